The van der Waals surface area contributed by atoms with Gasteiger partial charge in [0.1, 0.15) is 0 Å². The molecule has 7 nitrogen and oxygen atoms in total. The number of carbonyl (C=O) groups is 2. The third-order valence-electron chi connectivity index (χ3n) is 3.33. The number of hydrogen-bond acceptors (Lipinski definition) is 4. The lowest BCUT2D eigenvalue weighted by Gasteiger charge is -2.17. The Morgan fingerprint density at radius 2 is 2.05 bits per heavy atom. The molecule has 0 saturated carbocycles. The molecule has 0 saturated heterocycles. The second-order valence-corrected chi connectivity index (χ2v) is 5.09. The average molecular weight is 290 g/mol. The Morgan fingerprint density at radius 1 is 1.38 bits per heavy atom. The lowest BCUT2D eigenvalue weighted by Crippen LogP contribution is -2.29. The highest BCUT2D eigenvalue weighted by Gasteiger charge is 2.20. The van der Waals surface area contributed by atoms with Crippen LogP contribution in [0.15, 0.2) is 6.07 Å². The summed E-state index contributed by atoms with van der Waals surface area (Å²) in [4.78, 5) is 29.0. The molecule has 0 aromatic carbocycles. The minimum absolute atomic E-state index is 0.0819. The van der Waals surface area contributed by atoms with Gasteiger partial charge in [0, 0.05) is 26.3 Å². The van der Waals surface area contributed by atoms with Crippen LogP contribution in [0.4, 0.5) is 0 Å². The molecule has 2 aromatic rings. The summed E-state index contributed by atoms with van der Waals surface area (Å²) in [5, 5.41) is 13.7. The molecule has 1 amide bonds. The van der Waals surface area contributed by atoms with Crippen molar-refractivity contribution in [2.24, 2.45) is 7.05 Å². The molecule has 7 heteroatoms. The monoisotopic (exact) mass is 290 g/mol. The molecular formula is C14H18N4O3. The first-order chi connectivity index (χ1) is 9.81. The number of rotatable bonds is 4. The fourth-order valence-corrected chi connectivity index (χ4v) is 2.31. The number of carboxylic acids is 1. The fourth-order valence-electron chi connectivity index (χ4n) is 2.31. The van der Waals surface area contributed by atoms with Crippen LogP contribution in [0.3, 0.4) is 0 Å². The third kappa shape index (κ3) is 2.86. The first kappa shape index (κ1) is 15.0. The van der Waals surface area contributed by atoms with Gasteiger partial charge in [0.2, 0.25) is 0 Å². The number of pyridine rings is 1. The van der Waals surface area contributed by atoms with Gasteiger partial charge in [-0.05, 0) is 19.9 Å². The maximum Gasteiger partial charge on any atom is 0.305 e. The Kier molecular flexibility index (Phi) is 3.93. The summed E-state index contributed by atoms with van der Waals surface area (Å²) in [5.41, 5.74) is 2.62. The summed E-state index contributed by atoms with van der Waals surface area (Å²) in [6.45, 7) is 3.81. The number of aryl methyl sites for hydroxylation is 3. The maximum atomic E-state index is 12.6. The fraction of sp³-hybridized carbons (Fsp3) is 0.429. The number of nitrogens with zero attached hydrogens (tertiary/aromatic N) is 4. The summed E-state index contributed by atoms with van der Waals surface area (Å²) in [5.74, 6) is -1.15. The van der Waals surface area contributed by atoms with Crippen molar-refractivity contribution in [2.75, 3.05) is 13.6 Å². The molecule has 0 atom stereocenters. The Morgan fingerprint density at radius 3 is 2.67 bits per heavy atom. The van der Waals surface area contributed by atoms with Gasteiger partial charge in [-0.25, -0.2) is 4.98 Å². The Labute approximate surface area is 122 Å². The van der Waals surface area contributed by atoms with Crippen molar-refractivity contribution in [3.63, 3.8) is 0 Å². The standard InChI is InChI=1S/C14H18N4O3/c1-8-7-10(14(21)17(3)6-5-11(19)20)12-9(2)16-18(4)13(12)15-8/h7H,5-6H2,1-4H3,(H,19,20). The maximum absolute atomic E-state index is 12.6. The normalized spacial score (nSPS) is 10.9. The smallest absolute Gasteiger partial charge is 0.305 e. The predicted octanol–water partition coefficient (Wildman–Crippen LogP) is 1.13. The van der Waals surface area contributed by atoms with Gasteiger partial charge in [-0.15, -0.1) is 0 Å². The van der Waals surface area contributed by atoms with Crippen LogP contribution in [0.1, 0.15) is 28.2 Å². The van der Waals surface area contributed by atoms with E-state index < -0.39 is 5.97 Å². The Bertz CT molecular complexity index is 721. The van der Waals surface area contributed by atoms with E-state index in [1.807, 2.05) is 13.8 Å². The molecule has 2 heterocycles. The van der Waals surface area contributed by atoms with Crippen LogP contribution in [-0.4, -0.2) is 50.2 Å². The van der Waals surface area contributed by atoms with Crippen molar-refractivity contribution < 1.29 is 14.7 Å². The van der Waals surface area contributed by atoms with Crippen LogP contribution < -0.4 is 0 Å². The van der Waals surface area contributed by atoms with Crippen molar-refractivity contribution >= 4 is 22.9 Å². The number of carbonyl (C=O) groups excluding carboxylic acids is 1. The zero-order valence-electron chi connectivity index (χ0n) is 12.5. The highest BCUT2D eigenvalue weighted by molar-refractivity contribution is 6.06. The largest absolute Gasteiger partial charge is 0.481 e. The first-order valence-electron chi connectivity index (χ1n) is 6.59. The molecule has 0 unspecified atom stereocenters. The molecule has 0 radical (unpaired) electrons. The van der Waals surface area contributed by atoms with E-state index in [9.17, 15) is 9.59 Å². The zero-order chi connectivity index (χ0) is 15.7. The Hall–Kier alpha value is -2.44. The van der Waals surface area contributed by atoms with Gasteiger partial charge in [-0.3, -0.25) is 14.3 Å². The molecule has 2 rings (SSSR count). The molecule has 0 spiro atoms. The van der Waals surface area contributed by atoms with Crippen LogP contribution in [0.2, 0.25) is 0 Å². The van der Waals surface area contributed by atoms with Crippen molar-refractivity contribution in [2.45, 2.75) is 20.3 Å². The van der Waals surface area contributed by atoms with Crippen LogP contribution >= 0.6 is 0 Å². The van der Waals surface area contributed by atoms with E-state index in [2.05, 4.69) is 10.1 Å². The van der Waals surface area contributed by atoms with Crippen molar-refractivity contribution in [3.8, 4) is 0 Å². The summed E-state index contributed by atoms with van der Waals surface area (Å²) < 4.78 is 1.64. The van der Waals surface area contributed by atoms with Gasteiger partial charge in [0.25, 0.3) is 5.91 Å². The van der Waals surface area contributed by atoms with E-state index in [1.54, 1.807) is 24.8 Å². The summed E-state index contributed by atoms with van der Waals surface area (Å²) in [6, 6.07) is 1.72. The van der Waals surface area contributed by atoms with E-state index in [0.29, 0.717) is 11.2 Å². The van der Waals surface area contributed by atoms with E-state index in [1.165, 1.54) is 4.90 Å². The summed E-state index contributed by atoms with van der Waals surface area (Å²) >= 11 is 0. The van der Waals surface area contributed by atoms with Crippen LogP contribution in [0, 0.1) is 13.8 Å². The van der Waals surface area contributed by atoms with E-state index in [0.717, 1.165) is 16.8 Å². The van der Waals surface area contributed by atoms with Crippen LogP contribution in [-0.2, 0) is 11.8 Å². The summed E-state index contributed by atoms with van der Waals surface area (Å²) in [6.07, 6.45) is -0.0819. The van der Waals surface area contributed by atoms with Crippen LogP contribution in [0.5, 0.6) is 0 Å². The zero-order valence-corrected chi connectivity index (χ0v) is 12.5. The topological polar surface area (TPSA) is 88.3 Å². The molecule has 0 fully saturated rings. The number of aliphatic carboxylic acids is 1. The molecular weight excluding hydrogens is 272 g/mol. The number of hydrogen-bond donors (Lipinski definition) is 1. The highest BCUT2D eigenvalue weighted by atomic mass is 16.4. The molecule has 112 valence electrons. The van der Waals surface area contributed by atoms with E-state index >= 15 is 0 Å². The lowest BCUT2D eigenvalue weighted by molar-refractivity contribution is -0.137. The molecule has 2 aromatic heterocycles. The first-order valence-corrected chi connectivity index (χ1v) is 6.59. The van der Waals surface area contributed by atoms with Crippen molar-refractivity contribution in [1.29, 1.82) is 0 Å². The van der Waals surface area contributed by atoms with Gasteiger partial charge in [0.05, 0.1) is 23.1 Å². The van der Waals surface area contributed by atoms with Gasteiger partial charge >= 0.3 is 5.97 Å². The van der Waals surface area contributed by atoms with Crippen molar-refractivity contribution in [1.82, 2.24) is 19.7 Å². The summed E-state index contributed by atoms with van der Waals surface area (Å²) in [7, 11) is 3.38. The molecule has 1 N–H and O–H groups in total. The quantitative estimate of drug-likeness (QED) is 0.912. The number of aromatic nitrogens is 3. The SMILES string of the molecule is Cc1cc(C(=O)N(C)CCC(=O)O)c2c(C)nn(C)c2n1. The third-order valence-corrected chi connectivity index (χ3v) is 3.33. The Balaban J connectivity index is 2.45. The minimum Gasteiger partial charge on any atom is -0.481 e. The number of fused-ring (bicyclic) bond motifs is 1. The number of amides is 1. The predicted molar refractivity (Wildman–Crippen MR) is 77.2 cm³/mol. The van der Waals surface area contributed by atoms with E-state index in [4.69, 9.17) is 5.11 Å². The molecule has 0 aliphatic rings. The molecule has 0 aliphatic carbocycles. The lowest BCUT2D eigenvalue weighted by atomic mass is 10.1. The average Bonchev–Trinajstić information content (AvgIpc) is 2.69. The number of carboxylic acid groups (broad SMARTS) is 1. The van der Waals surface area contributed by atoms with Gasteiger partial charge in [0.15, 0.2) is 5.65 Å². The van der Waals surface area contributed by atoms with Gasteiger partial charge in [-0.2, -0.15) is 5.10 Å². The minimum atomic E-state index is -0.928. The second kappa shape index (κ2) is 5.51. The van der Waals surface area contributed by atoms with Crippen molar-refractivity contribution in [3.05, 3.63) is 23.0 Å². The second-order valence-electron chi connectivity index (χ2n) is 5.09. The van der Waals surface area contributed by atoms with E-state index in [-0.39, 0.29) is 18.9 Å². The van der Waals surface area contributed by atoms with Crippen LogP contribution in [0.25, 0.3) is 11.0 Å². The van der Waals surface area contributed by atoms with Gasteiger partial charge < -0.3 is 10.0 Å². The molecule has 0 aliphatic heterocycles. The highest BCUT2D eigenvalue weighted by Crippen LogP contribution is 2.22. The molecule has 0 bridgehead atoms. The van der Waals surface area contributed by atoms with Gasteiger partial charge in [-0.1, -0.05) is 0 Å². The molecule has 21 heavy (non-hydrogen) atoms.